The number of carbonyl (C=O) groups is 1. The highest BCUT2D eigenvalue weighted by Gasteiger charge is 2.13. The predicted molar refractivity (Wildman–Crippen MR) is 104 cm³/mol. The summed E-state index contributed by atoms with van der Waals surface area (Å²) in [4.78, 5) is 13.4. The molecule has 3 nitrogen and oxygen atoms in total. The molecule has 0 aliphatic carbocycles. The summed E-state index contributed by atoms with van der Waals surface area (Å²) in [5.41, 5.74) is 0.981. The van der Waals surface area contributed by atoms with Crippen molar-refractivity contribution in [2.24, 2.45) is 0 Å². The van der Waals surface area contributed by atoms with Crippen LogP contribution >= 0.6 is 11.8 Å². The van der Waals surface area contributed by atoms with Gasteiger partial charge in [0.1, 0.15) is 5.75 Å². The number of rotatable bonds is 6. The zero-order valence-electron chi connectivity index (χ0n) is 14.4. The third kappa shape index (κ3) is 4.34. The van der Waals surface area contributed by atoms with Gasteiger partial charge in [-0.05, 0) is 35.9 Å². The predicted octanol–water partition coefficient (Wildman–Crippen LogP) is 4.82. The summed E-state index contributed by atoms with van der Waals surface area (Å²) >= 11 is 1.55. The number of nitrogens with one attached hydrogen (secondary N) is 1. The Kier molecular flexibility index (Phi) is 5.61. The number of carbonyl (C=O) groups excluding carboxylic acids is 1. The Balaban J connectivity index is 1.60. The fraction of sp³-hybridized carbons (Fsp3) is 0.190. The lowest BCUT2D eigenvalue weighted by Crippen LogP contribution is -2.28. The highest BCUT2D eigenvalue weighted by atomic mass is 32.2. The monoisotopic (exact) mass is 351 g/mol. The van der Waals surface area contributed by atoms with E-state index >= 15 is 0 Å². The van der Waals surface area contributed by atoms with Crippen molar-refractivity contribution in [1.82, 2.24) is 5.32 Å². The average Bonchev–Trinajstić information content (AvgIpc) is 2.66. The number of fused-ring (bicyclic) bond motifs is 1. The minimum absolute atomic E-state index is 0.0107. The van der Waals surface area contributed by atoms with Crippen molar-refractivity contribution in [3.8, 4) is 5.75 Å². The highest BCUT2D eigenvalue weighted by Crippen LogP contribution is 2.26. The fourth-order valence-electron chi connectivity index (χ4n) is 2.79. The Morgan fingerprint density at radius 2 is 1.76 bits per heavy atom. The van der Waals surface area contributed by atoms with E-state index in [1.165, 1.54) is 10.8 Å². The largest absolute Gasteiger partial charge is 0.496 e. The zero-order valence-corrected chi connectivity index (χ0v) is 15.2. The normalized spacial score (nSPS) is 11.9. The van der Waals surface area contributed by atoms with E-state index in [2.05, 4.69) is 35.6 Å². The van der Waals surface area contributed by atoms with Crippen molar-refractivity contribution in [3.05, 3.63) is 72.3 Å². The van der Waals surface area contributed by atoms with E-state index in [4.69, 9.17) is 4.74 Å². The number of hydrogen-bond acceptors (Lipinski definition) is 3. The van der Waals surface area contributed by atoms with Gasteiger partial charge >= 0.3 is 0 Å². The first-order chi connectivity index (χ1) is 12.2. The number of benzene rings is 3. The summed E-state index contributed by atoms with van der Waals surface area (Å²) in [7, 11) is 1.64. The maximum absolute atomic E-state index is 12.3. The van der Waals surface area contributed by atoms with Crippen LogP contribution < -0.4 is 10.1 Å². The Labute approximate surface area is 152 Å². The van der Waals surface area contributed by atoms with Crippen molar-refractivity contribution in [3.63, 3.8) is 0 Å². The van der Waals surface area contributed by atoms with Gasteiger partial charge in [0.15, 0.2) is 0 Å². The van der Waals surface area contributed by atoms with Crippen molar-refractivity contribution < 1.29 is 9.53 Å². The standard InChI is InChI=1S/C21H21NO2S/c1-15(19-9-5-6-10-20(19)24-2)22-21(23)14-25-18-12-11-16-7-3-4-8-17(16)13-18/h3-13,15H,14H2,1-2H3,(H,22,23). The van der Waals surface area contributed by atoms with Gasteiger partial charge in [0.25, 0.3) is 0 Å². The molecule has 0 bridgehead atoms. The molecule has 0 saturated carbocycles. The van der Waals surface area contributed by atoms with Gasteiger partial charge in [-0.15, -0.1) is 11.8 Å². The molecule has 0 spiro atoms. The first-order valence-corrected chi connectivity index (χ1v) is 9.20. The lowest BCUT2D eigenvalue weighted by molar-refractivity contribution is -0.119. The third-order valence-electron chi connectivity index (χ3n) is 4.07. The molecule has 0 fully saturated rings. The van der Waals surface area contributed by atoms with Gasteiger partial charge in [-0.3, -0.25) is 4.79 Å². The van der Waals surface area contributed by atoms with Crippen LogP contribution in [0, 0.1) is 0 Å². The minimum Gasteiger partial charge on any atom is -0.496 e. The number of thioether (sulfide) groups is 1. The van der Waals surface area contributed by atoms with Crippen LogP contribution in [0.1, 0.15) is 18.5 Å². The summed E-state index contributed by atoms with van der Waals surface area (Å²) in [5.74, 6) is 1.19. The third-order valence-corrected chi connectivity index (χ3v) is 5.07. The lowest BCUT2D eigenvalue weighted by Gasteiger charge is -2.17. The molecule has 3 rings (SSSR count). The summed E-state index contributed by atoms with van der Waals surface area (Å²) in [6, 6.07) is 22.2. The van der Waals surface area contributed by atoms with E-state index in [1.54, 1.807) is 18.9 Å². The summed E-state index contributed by atoms with van der Waals surface area (Å²) < 4.78 is 5.36. The average molecular weight is 351 g/mol. The van der Waals surface area contributed by atoms with E-state index < -0.39 is 0 Å². The molecule has 1 unspecified atom stereocenters. The SMILES string of the molecule is COc1ccccc1C(C)NC(=O)CSc1ccc2ccccc2c1. The molecule has 0 aromatic heterocycles. The number of para-hydroxylation sites is 1. The number of hydrogen-bond donors (Lipinski definition) is 1. The van der Waals surface area contributed by atoms with Crippen molar-refractivity contribution in [2.75, 3.05) is 12.9 Å². The van der Waals surface area contributed by atoms with E-state index in [0.717, 1.165) is 16.2 Å². The molecule has 4 heteroatoms. The molecule has 128 valence electrons. The molecule has 0 radical (unpaired) electrons. The topological polar surface area (TPSA) is 38.3 Å². The molecule has 0 heterocycles. The van der Waals surface area contributed by atoms with E-state index in [1.807, 2.05) is 43.3 Å². The van der Waals surface area contributed by atoms with E-state index in [9.17, 15) is 4.79 Å². The van der Waals surface area contributed by atoms with Gasteiger partial charge in [0.2, 0.25) is 5.91 Å². The van der Waals surface area contributed by atoms with Crippen LogP contribution in [0.3, 0.4) is 0 Å². The number of amides is 1. The van der Waals surface area contributed by atoms with Gasteiger partial charge < -0.3 is 10.1 Å². The molecule has 1 amide bonds. The Hall–Kier alpha value is -2.46. The second-order valence-corrected chi connectivity index (χ2v) is 6.88. The molecule has 0 aliphatic heterocycles. The van der Waals surface area contributed by atoms with E-state index in [-0.39, 0.29) is 11.9 Å². The van der Waals surface area contributed by atoms with Crippen LogP contribution in [0.4, 0.5) is 0 Å². The van der Waals surface area contributed by atoms with Crippen LogP contribution in [0.5, 0.6) is 5.75 Å². The van der Waals surface area contributed by atoms with Gasteiger partial charge in [-0.2, -0.15) is 0 Å². The Morgan fingerprint density at radius 3 is 2.56 bits per heavy atom. The van der Waals surface area contributed by atoms with E-state index in [0.29, 0.717) is 5.75 Å². The van der Waals surface area contributed by atoms with Crippen LogP contribution in [0.25, 0.3) is 10.8 Å². The molecule has 25 heavy (non-hydrogen) atoms. The number of ether oxygens (including phenoxy) is 1. The van der Waals surface area contributed by atoms with Gasteiger partial charge in [0.05, 0.1) is 18.9 Å². The minimum atomic E-state index is -0.0964. The molecule has 0 aliphatic rings. The summed E-state index contributed by atoms with van der Waals surface area (Å²) in [6.07, 6.45) is 0. The smallest absolute Gasteiger partial charge is 0.230 e. The maximum Gasteiger partial charge on any atom is 0.230 e. The van der Waals surface area contributed by atoms with Crippen molar-refractivity contribution in [1.29, 1.82) is 0 Å². The van der Waals surface area contributed by atoms with Gasteiger partial charge in [0, 0.05) is 10.5 Å². The molecule has 3 aromatic carbocycles. The first kappa shape index (κ1) is 17.4. The quantitative estimate of drug-likeness (QED) is 0.647. The van der Waals surface area contributed by atoms with Crippen molar-refractivity contribution >= 4 is 28.4 Å². The molecule has 0 saturated heterocycles. The second-order valence-electron chi connectivity index (χ2n) is 5.83. The molecule has 3 aromatic rings. The van der Waals surface area contributed by atoms with Crippen LogP contribution in [-0.4, -0.2) is 18.8 Å². The molecule has 1 N–H and O–H groups in total. The second kappa shape index (κ2) is 8.08. The van der Waals surface area contributed by atoms with Crippen LogP contribution in [-0.2, 0) is 4.79 Å². The van der Waals surface area contributed by atoms with Crippen LogP contribution in [0.2, 0.25) is 0 Å². The molecule has 1 atom stereocenters. The maximum atomic E-state index is 12.3. The fourth-order valence-corrected chi connectivity index (χ4v) is 3.55. The summed E-state index contributed by atoms with van der Waals surface area (Å²) in [5, 5.41) is 5.44. The van der Waals surface area contributed by atoms with Gasteiger partial charge in [-0.25, -0.2) is 0 Å². The lowest BCUT2D eigenvalue weighted by atomic mass is 10.1. The Morgan fingerprint density at radius 1 is 1.04 bits per heavy atom. The van der Waals surface area contributed by atoms with Crippen molar-refractivity contribution in [2.45, 2.75) is 17.9 Å². The molecular formula is C21H21NO2S. The van der Waals surface area contributed by atoms with Gasteiger partial charge in [-0.1, -0.05) is 48.5 Å². The number of methoxy groups -OCH3 is 1. The highest BCUT2D eigenvalue weighted by molar-refractivity contribution is 8.00. The Bertz CT molecular complexity index is 878. The molecular weight excluding hydrogens is 330 g/mol. The summed E-state index contributed by atoms with van der Waals surface area (Å²) in [6.45, 7) is 1.97. The van der Waals surface area contributed by atoms with Crippen LogP contribution in [0.15, 0.2) is 71.6 Å². The zero-order chi connectivity index (χ0) is 17.6. The first-order valence-electron chi connectivity index (χ1n) is 8.21.